The Labute approximate surface area is 178 Å². The van der Waals surface area contributed by atoms with Crippen LogP contribution in [0, 0.1) is 0 Å². The van der Waals surface area contributed by atoms with Crippen molar-refractivity contribution in [3.8, 4) is 11.5 Å². The van der Waals surface area contributed by atoms with Gasteiger partial charge in [0.1, 0.15) is 17.6 Å². The van der Waals surface area contributed by atoms with E-state index in [1.807, 2.05) is 19.1 Å². The summed E-state index contributed by atoms with van der Waals surface area (Å²) in [4.78, 5) is 27.4. The Kier molecular flexibility index (Phi) is 4.51. The van der Waals surface area contributed by atoms with E-state index in [0.717, 1.165) is 12.0 Å². The molecule has 7 heteroatoms. The number of rotatable bonds is 4. The minimum Gasteiger partial charge on any atom is -0.507 e. The molecule has 1 amide bonds. The van der Waals surface area contributed by atoms with Crippen LogP contribution in [0.5, 0.6) is 11.5 Å². The molecule has 2 aliphatic heterocycles. The van der Waals surface area contributed by atoms with Crippen LogP contribution in [0.25, 0.3) is 5.76 Å². The highest BCUT2D eigenvalue weighted by Crippen LogP contribution is 2.44. The minimum atomic E-state index is -0.916. The van der Waals surface area contributed by atoms with Crippen molar-refractivity contribution >= 4 is 23.1 Å². The number of anilines is 1. The van der Waals surface area contributed by atoms with E-state index in [-0.39, 0.29) is 18.1 Å². The highest BCUT2D eigenvalue weighted by atomic mass is 16.7. The van der Waals surface area contributed by atoms with E-state index < -0.39 is 17.7 Å². The fourth-order valence-electron chi connectivity index (χ4n) is 3.90. The summed E-state index contributed by atoms with van der Waals surface area (Å²) < 4.78 is 16.3. The van der Waals surface area contributed by atoms with Crippen LogP contribution >= 0.6 is 0 Å². The molecule has 1 fully saturated rings. The van der Waals surface area contributed by atoms with Gasteiger partial charge >= 0.3 is 0 Å². The second kappa shape index (κ2) is 7.36. The lowest BCUT2D eigenvalue weighted by Gasteiger charge is -2.23. The van der Waals surface area contributed by atoms with Crippen LogP contribution in [0.2, 0.25) is 0 Å². The van der Waals surface area contributed by atoms with E-state index in [0.29, 0.717) is 28.5 Å². The first-order valence-electron chi connectivity index (χ1n) is 9.92. The van der Waals surface area contributed by atoms with Gasteiger partial charge in [0.05, 0.1) is 11.8 Å². The number of ether oxygens (including phenoxy) is 2. The molecule has 0 saturated carbocycles. The normalized spacial score (nSPS) is 19.3. The molecule has 5 rings (SSSR count). The lowest BCUT2D eigenvalue weighted by molar-refractivity contribution is -0.132. The van der Waals surface area contributed by atoms with Gasteiger partial charge in [-0.3, -0.25) is 14.5 Å². The van der Waals surface area contributed by atoms with Crippen LogP contribution in [-0.4, -0.2) is 23.6 Å². The van der Waals surface area contributed by atoms with Gasteiger partial charge in [-0.2, -0.15) is 0 Å². The zero-order valence-corrected chi connectivity index (χ0v) is 16.7. The Bertz CT molecular complexity index is 1190. The monoisotopic (exact) mass is 417 g/mol. The predicted molar refractivity (Wildman–Crippen MR) is 112 cm³/mol. The van der Waals surface area contributed by atoms with Crippen molar-refractivity contribution in [3.63, 3.8) is 0 Å². The molecule has 1 unspecified atom stereocenters. The first kappa shape index (κ1) is 19.0. The van der Waals surface area contributed by atoms with E-state index in [1.54, 1.807) is 42.5 Å². The number of aryl methyl sites for hydroxylation is 1. The fraction of sp³-hybridized carbons (Fsp3) is 0.167. The topological polar surface area (TPSA) is 89.2 Å². The Morgan fingerprint density at radius 1 is 1.06 bits per heavy atom. The van der Waals surface area contributed by atoms with Gasteiger partial charge in [0, 0.05) is 17.3 Å². The maximum atomic E-state index is 13.1. The predicted octanol–water partition coefficient (Wildman–Crippen LogP) is 4.20. The number of fused-ring (bicyclic) bond motifs is 1. The summed E-state index contributed by atoms with van der Waals surface area (Å²) in [5.74, 6) is -0.379. The van der Waals surface area contributed by atoms with Crippen LogP contribution in [0.4, 0.5) is 5.69 Å². The van der Waals surface area contributed by atoms with Crippen LogP contribution in [-0.2, 0) is 16.0 Å². The second-order valence-electron chi connectivity index (χ2n) is 7.27. The smallest absolute Gasteiger partial charge is 0.300 e. The highest BCUT2D eigenvalue weighted by molar-refractivity contribution is 6.51. The number of carbonyl (C=O) groups is 2. The van der Waals surface area contributed by atoms with Gasteiger partial charge in [-0.1, -0.05) is 31.2 Å². The van der Waals surface area contributed by atoms with Crippen LogP contribution < -0.4 is 14.4 Å². The summed E-state index contributed by atoms with van der Waals surface area (Å²) in [6.07, 6.45) is 2.31. The maximum absolute atomic E-state index is 13.1. The van der Waals surface area contributed by atoms with Crippen molar-refractivity contribution in [2.75, 3.05) is 11.7 Å². The molecule has 7 nitrogen and oxygen atoms in total. The van der Waals surface area contributed by atoms with E-state index in [2.05, 4.69) is 0 Å². The molecule has 1 saturated heterocycles. The average molecular weight is 417 g/mol. The molecule has 3 aromatic rings. The van der Waals surface area contributed by atoms with E-state index in [4.69, 9.17) is 13.9 Å². The summed E-state index contributed by atoms with van der Waals surface area (Å²) in [6.45, 7) is 2.12. The molecule has 0 bridgehead atoms. The maximum Gasteiger partial charge on any atom is 0.300 e. The van der Waals surface area contributed by atoms with Crippen molar-refractivity contribution in [1.82, 2.24) is 0 Å². The summed E-state index contributed by atoms with van der Waals surface area (Å²) >= 11 is 0. The van der Waals surface area contributed by atoms with Crippen LogP contribution in [0.1, 0.15) is 29.9 Å². The zero-order chi connectivity index (χ0) is 21.5. The molecule has 0 radical (unpaired) electrons. The van der Waals surface area contributed by atoms with E-state index in [1.165, 1.54) is 11.2 Å². The number of furan rings is 1. The molecular weight excluding hydrogens is 398 g/mol. The van der Waals surface area contributed by atoms with Crippen molar-refractivity contribution in [3.05, 3.63) is 83.3 Å². The molecule has 3 heterocycles. The number of carbonyl (C=O) groups excluding carboxylic acids is 2. The summed E-state index contributed by atoms with van der Waals surface area (Å²) in [5, 5.41) is 11.1. The van der Waals surface area contributed by atoms with E-state index in [9.17, 15) is 14.7 Å². The van der Waals surface area contributed by atoms with Crippen LogP contribution in [0.3, 0.4) is 0 Å². The third kappa shape index (κ3) is 3.06. The first-order valence-corrected chi connectivity index (χ1v) is 9.92. The summed E-state index contributed by atoms with van der Waals surface area (Å²) in [7, 11) is 0. The number of hydrogen-bond acceptors (Lipinski definition) is 6. The van der Waals surface area contributed by atoms with Gasteiger partial charge < -0.3 is 19.0 Å². The van der Waals surface area contributed by atoms with E-state index >= 15 is 0 Å². The molecular formula is C24H19NO6. The van der Waals surface area contributed by atoms with Crippen molar-refractivity contribution in [1.29, 1.82) is 0 Å². The summed E-state index contributed by atoms with van der Waals surface area (Å²) in [6, 6.07) is 14.7. The molecule has 156 valence electrons. The minimum absolute atomic E-state index is 0.0261. The van der Waals surface area contributed by atoms with Crippen molar-refractivity contribution in [2.45, 2.75) is 19.4 Å². The lowest BCUT2D eigenvalue weighted by atomic mass is 9.98. The zero-order valence-electron chi connectivity index (χ0n) is 16.7. The van der Waals surface area contributed by atoms with Crippen molar-refractivity contribution < 1.29 is 28.6 Å². The number of aliphatic hydroxyl groups is 1. The standard InChI is InChI=1S/C24H19NO6/c1-2-14-5-7-15(8-6-14)22(26)20-21(18-4-3-11-29-18)25(24(28)23(20)27)16-9-10-17-19(12-16)31-13-30-17/h3-12,21,26H,2,13H2,1H3/b22-20-. The van der Waals surface area contributed by atoms with Crippen molar-refractivity contribution in [2.24, 2.45) is 0 Å². The number of benzene rings is 2. The number of nitrogens with zero attached hydrogens (tertiary/aromatic N) is 1. The van der Waals surface area contributed by atoms with Gasteiger partial charge in [-0.05, 0) is 36.2 Å². The van der Waals surface area contributed by atoms with Gasteiger partial charge in [0.15, 0.2) is 11.5 Å². The van der Waals surface area contributed by atoms with Gasteiger partial charge in [0.2, 0.25) is 6.79 Å². The molecule has 1 atom stereocenters. The van der Waals surface area contributed by atoms with Gasteiger partial charge in [-0.15, -0.1) is 0 Å². The first-order chi connectivity index (χ1) is 15.1. The van der Waals surface area contributed by atoms with Gasteiger partial charge in [0.25, 0.3) is 11.7 Å². The molecule has 1 N–H and O–H groups in total. The number of amides is 1. The molecule has 2 aliphatic rings. The molecule has 0 spiro atoms. The third-order valence-electron chi connectivity index (χ3n) is 5.53. The number of aliphatic hydroxyl groups excluding tert-OH is 1. The molecule has 0 aliphatic carbocycles. The molecule has 1 aromatic heterocycles. The van der Waals surface area contributed by atoms with Gasteiger partial charge in [-0.25, -0.2) is 0 Å². The highest BCUT2D eigenvalue weighted by Gasteiger charge is 2.48. The average Bonchev–Trinajstić information content (AvgIpc) is 3.53. The lowest BCUT2D eigenvalue weighted by Crippen LogP contribution is -2.29. The third-order valence-corrected chi connectivity index (χ3v) is 5.53. The Hall–Kier alpha value is -4.00. The summed E-state index contributed by atoms with van der Waals surface area (Å²) in [5.41, 5.74) is 1.97. The fourth-order valence-corrected chi connectivity index (χ4v) is 3.90. The quantitative estimate of drug-likeness (QED) is 0.389. The molecule has 31 heavy (non-hydrogen) atoms. The number of Topliss-reactive ketones (excluding diaryl/α,β-unsaturated/α-hetero) is 1. The second-order valence-corrected chi connectivity index (χ2v) is 7.27. The number of hydrogen-bond donors (Lipinski definition) is 1. The Balaban J connectivity index is 1.66. The Morgan fingerprint density at radius 3 is 2.55 bits per heavy atom. The Morgan fingerprint density at radius 2 is 1.84 bits per heavy atom. The molecule has 2 aromatic carbocycles. The SMILES string of the molecule is CCc1ccc(/C(O)=C2/C(=O)C(=O)N(c3ccc4c(c3)OCO4)C2c2ccco2)cc1. The van der Waals surface area contributed by atoms with Crippen LogP contribution in [0.15, 0.2) is 70.9 Å². The largest absolute Gasteiger partial charge is 0.507 e. The number of ketones is 1.